The monoisotopic (exact) mass is 311 g/mol. The summed E-state index contributed by atoms with van der Waals surface area (Å²) in [6.07, 6.45) is 0. The van der Waals surface area contributed by atoms with Gasteiger partial charge in [-0.25, -0.2) is 5.01 Å². The van der Waals surface area contributed by atoms with Crippen LogP contribution in [0.1, 0.15) is 5.56 Å². The summed E-state index contributed by atoms with van der Waals surface area (Å²) >= 11 is 0. The maximum atomic E-state index is 10.5. The van der Waals surface area contributed by atoms with Crippen molar-refractivity contribution in [1.29, 1.82) is 5.26 Å². The lowest BCUT2D eigenvalue weighted by atomic mass is 10.2. The Hall–Kier alpha value is -3.47. The molecule has 0 aliphatic carbocycles. The van der Waals surface area contributed by atoms with E-state index < -0.39 is 4.92 Å². The van der Waals surface area contributed by atoms with Crippen molar-refractivity contribution >= 4 is 11.4 Å². The summed E-state index contributed by atoms with van der Waals surface area (Å²) in [5, 5.41) is 28.7. The van der Waals surface area contributed by atoms with Crippen LogP contribution in [0.2, 0.25) is 0 Å². The van der Waals surface area contributed by atoms with Gasteiger partial charge in [-0.15, -0.1) is 5.11 Å². The second-order valence-electron chi connectivity index (χ2n) is 4.53. The molecule has 8 heteroatoms. The molecule has 0 saturated carbocycles. The second kappa shape index (κ2) is 7.51. The molecule has 116 valence electrons. The molecule has 0 fully saturated rings. The van der Waals surface area contributed by atoms with Crippen LogP contribution >= 0.6 is 0 Å². The zero-order chi connectivity index (χ0) is 16.7. The van der Waals surface area contributed by atoms with Crippen LogP contribution in [0.4, 0.5) is 11.4 Å². The first kappa shape index (κ1) is 15.9. The SMILES string of the molecule is CN(COc1ccc([N+](=O)[O-])cc1)N=Nc1ccc(C#N)cc1. The standard InChI is InChI=1S/C15H13N5O3/c1-19(18-17-13-4-2-12(10-16)3-5-13)11-23-15-8-6-14(7-9-15)20(21)22/h2-9H,11H2,1H3. The molecule has 0 radical (unpaired) electrons. The maximum absolute atomic E-state index is 10.5. The van der Waals surface area contributed by atoms with Gasteiger partial charge in [0.25, 0.3) is 5.69 Å². The first-order valence-corrected chi connectivity index (χ1v) is 6.58. The molecule has 8 nitrogen and oxygen atoms in total. The lowest BCUT2D eigenvalue weighted by Gasteiger charge is -2.12. The Morgan fingerprint density at radius 1 is 1.22 bits per heavy atom. The molecule has 0 atom stereocenters. The third-order valence-electron chi connectivity index (χ3n) is 2.77. The highest BCUT2D eigenvalue weighted by Gasteiger charge is 2.04. The summed E-state index contributed by atoms with van der Waals surface area (Å²) in [5.74, 6) is 0.496. The number of hydrogen-bond acceptors (Lipinski definition) is 6. The summed E-state index contributed by atoms with van der Waals surface area (Å²) in [7, 11) is 1.68. The number of ether oxygens (including phenoxy) is 1. The van der Waals surface area contributed by atoms with Gasteiger partial charge in [0.1, 0.15) is 5.75 Å². The normalized spacial score (nSPS) is 10.3. The summed E-state index contributed by atoms with van der Waals surface area (Å²) in [4.78, 5) is 10.1. The average Bonchev–Trinajstić information content (AvgIpc) is 2.59. The van der Waals surface area contributed by atoms with E-state index in [0.29, 0.717) is 17.0 Å². The molecule has 23 heavy (non-hydrogen) atoms. The van der Waals surface area contributed by atoms with E-state index in [-0.39, 0.29) is 12.4 Å². The van der Waals surface area contributed by atoms with Crippen molar-refractivity contribution in [3.63, 3.8) is 0 Å². The fraction of sp³-hybridized carbons (Fsp3) is 0.133. The van der Waals surface area contributed by atoms with Gasteiger partial charge in [-0.1, -0.05) is 5.22 Å². The molecule has 0 amide bonds. The Labute approximate surface area is 132 Å². The number of rotatable bonds is 6. The highest BCUT2D eigenvalue weighted by atomic mass is 16.6. The van der Waals surface area contributed by atoms with E-state index in [9.17, 15) is 10.1 Å². The second-order valence-corrected chi connectivity index (χ2v) is 4.53. The Kier molecular flexibility index (Phi) is 5.20. The summed E-state index contributed by atoms with van der Waals surface area (Å²) in [6.45, 7) is 0.136. The molecule has 0 bridgehead atoms. The lowest BCUT2D eigenvalue weighted by molar-refractivity contribution is -0.384. The zero-order valence-corrected chi connectivity index (χ0v) is 12.3. The number of nitro groups is 1. The molecule has 0 aliphatic rings. The van der Waals surface area contributed by atoms with Crippen LogP contribution in [0.5, 0.6) is 5.75 Å². The Morgan fingerprint density at radius 3 is 2.43 bits per heavy atom. The van der Waals surface area contributed by atoms with E-state index in [1.807, 2.05) is 6.07 Å². The first-order chi connectivity index (χ1) is 11.1. The van der Waals surface area contributed by atoms with E-state index in [1.165, 1.54) is 29.3 Å². The van der Waals surface area contributed by atoms with E-state index in [4.69, 9.17) is 10.00 Å². The molecule has 0 aliphatic heterocycles. The summed E-state index contributed by atoms with van der Waals surface area (Å²) in [5.41, 5.74) is 1.18. The van der Waals surface area contributed by atoms with Crippen LogP contribution in [0, 0.1) is 21.4 Å². The molecule has 2 aromatic carbocycles. The van der Waals surface area contributed by atoms with Gasteiger partial charge in [-0.3, -0.25) is 10.1 Å². The number of nitriles is 1. The summed E-state index contributed by atoms with van der Waals surface area (Å²) in [6, 6.07) is 14.5. The molecule has 0 heterocycles. The highest BCUT2D eigenvalue weighted by molar-refractivity contribution is 5.42. The number of nitrogens with zero attached hydrogens (tertiary/aromatic N) is 5. The van der Waals surface area contributed by atoms with Gasteiger partial charge in [0, 0.05) is 19.2 Å². The van der Waals surface area contributed by atoms with E-state index >= 15 is 0 Å². The van der Waals surface area contributed by atoms with Gasteiger partial charge in [0.2, 0.25) is 0 Å². The van der Waals surface area contributed by atoms with Gasteiger partial charge in [0.05, 0.1) is 22.2 Å². The Morgan fingerprint density at radius 2 is 1.87 bits per heavy atom. The van der Waals surface area contributed by atoms with Gasteiger partial charge < -0.3 is 4.74 Å². The largest absolute Gasteiger partial charge is 0.472 e. The molecule has 0 N–H and O–H groups in total. The molecule has 0 aromatic heterocycles. The average molecular weight is 311 g/mol. The quantitative estimate of drug-likeness (QED) is 0.352. The molecule has 2 aromatic rings. The van der Waals surface area contributed by atoms with Crippen molar-refractivity contribution in [3.8, 4) is 11.8 Å². The van der Waals surface area contributed by atoms with Crippen molar-refractivity contribution in [2.45, 2.75) is 0 Å². The third kappa shape index (κ3) is 4.78. The van der Waals surface area contributed by atoms with Crippen molar-refractivity contribution in [2.24, 2.45) is 10.3 Å². The maximum Gasteiger partial charge on any atom is 0.269 e. The fourth-order valence-corrected chi connectivity index (χ4v) is 1.59. The van der Waals surface area contributed by atoms with Gasteiger partial charge in [-0.2, -0.15) is 5.26 Å². The van der Waals surface area contributed by atoms with Crippen molar-refractivity contribution in [1.82, 2.24) is 5.01 Å². The minimum absolute atomic E-state index is 0.00575. The predicted molar refractivity (Wildman–Crippen MR) is 82.0 cm³/mol. The van der Waals surface area contributed by atoms with Crippen LogP contribution < -0.4 is 4.74 Å². The van der Waals surface area contributed by atoms with Crippen LogP contribution in [-0.2, 0) is 0 Å². The predicted octanol–water partition coefficient (Wildman–Crippen LogP) is 3.43. The van der Waals surface area contributed by atoms with Crippen LogP contribution in [0.25, 0.3) is 0 Å². The number of hydrogen-bond donors (Lipinski definition) is 0. The number of nitro benzene ring substituents is 1. The van der Waals surface area contributed by atoms with Gasteiger partial charge in [0.15, 0.2) is 6.73 Å². The first-order valence-electron chi connectivity index (χ1n) is 6.58. The minimum Gasteiger partial charge on any atom is -0.472 e. The number of benzene rings is 2. The smallest absolute Gasteiger partial charge is 0.269 e. The van der Waals surface area contributed by atoms with Gasteiger partial charge in [-0.05, 0) is 36.4 Å². The van der Waals surface area contributed by atoms with Gasteiger partial charge >= 0.3 is 0 Å². The van der Waals surface area contributed by atoms with Crippen molar-refractivity contribution < 1.29 is 9.66 Å². The number of non-ortho nitro benzene ring substituents is 1. The summed E-state index contributed by atoms with van der Waals surface area (Å²) < 4.78 is 5.43. The third-order valence-corrected chi connectivity index (χ3v) is 2.77. The van der Waals surface area contributed by atoms with Crippen LogP contribution in [-0.4, -0.2) is 23.7 Å². The molecular formula is C15H13N5O3. The van der Waals surface area contributed by atoms with E-state index in [0.717, 1.165) is 0 Å². The van der Waals surface area contributed by atoms with Crippen molar-refractivity contribution in [2.75, 3.05) is 13.8 Å². The molecule has 0 saturated heterocycles. The molecule has 0 unspecified atom stereocenters. The van der Waals surface area contributed by atoms with Crippen molar-refractivity contribution in [3.05, 3.63) is 64.2 Å². The van der Waals surface area contributed by atoms with E-state index in [1.54, 1.807) is 31.3 Å². The zero-order valence-electron chi connectivity index (χ0n) is 12.3. The molecule has 2 rings (SSSR count). The minimum atomic E-state index is -0.471. The highest BCUT2D eigenvalue weighted by Crippen LogP contribution is 2.17. The fourth-order valence-electron chi connectivity index (χ4n) is 1.59. The van der Waals surface area contributed by atoms with E-state index in [2.05, 4.69) is 10.3 Å². The van der Waals surface area contributed by atoms with Crippen LogP contribution in [0.15, 0.2) is 58.9 Å². The lowest BCUT2D eigenvalue weighted by Crippen LogP contribution is -2.17. The Balaban J connectivity index is 1.86. The topological polar surface area (TPSA) is 104 Å². The molecule has 0 spiro atoms. The van der Waals surface area contributed by atoms with Crippen LogP contribution in [0.3, 0.4) is 0 Å². The Bertz CT molecular complexity index is 735. The molecular weight excluding hydrogens is 298 g/mol.